The van der Waals surface area contributed by atoms with Gasteiger partial charge in [-0.3, -0.25) is 4.79 Å². The molecule has 1 saturated carbocycles. The van der Waals surface area contributed by atoms with Crippen LogP contribution in [0.3, 0.4) is 0 Å². The molecule has 3 N–H and O–H groups in total. The molecule has 0 bridgehead atoms. The molecule has 116 valence electrons. The molecule has 1 fully saturated rings. The van der Waals surface area contributed by atoms with Crippen LogP contribution < -0.4 is 15.2 Å². The Labute approximate surface area is 129 Å². The Morgan fingerprint density at radius 1 is 1.48 bits per heavy atom. The average Bonchev–Trinajstić information content (AvgIpc) is 2.95. The van der Waals surface area contributed by atoms with Gasteiger partial charge >= 0.3 is 5.97 Å². The summed E-state index contributed by atoms with van der Waals surface area (Å²) in [5, 5.41) is 9.44. The van der Waals surface area contributed by atoms with Crippen LogP contribution in [0.15, 0.2) is 12.1 Å². The number of halogens is 1. The second-order valence-electron chi connectivity index (χ2n) is 5.23. The molecular weight excluding hydrogens is 294 g/mol. The molecule has 1 aromatic rings. The molecule has 2 rings (SSSR count). The van der Waals surface area contributed by atoms with Crippen LogP contribution in [-0.4, -0.2) is 30.3 Å². The lowest BCUT2D eigenvalue weighted by molar-refractivity contribution is -0.138. The molecule has 1 atom stereocenters. The Morgan fingerprint density at radius 3 is 2.71 bits per heavy atom. The molecule has 0 saturated heterocycles. The van der Waals surface area contributed by atoms with Gasteiger partial charge in [-0.15, -0.1) is 0 Å². The number of benzene rings is 1. The maximum absolute atomic E-state index is 11.0. The quantitative estimate of drug-likeness (QED) is 0.843. The third-order valence-electron chi connectivity index (χ3n) is 3.72. The highest BCUT2D eigenvalue weighted by Gasteiger charge is 2.24. The van der Waals surface area contributed by atoms with Gasteiger partial charge in [-0.2, -0.15) is 0 Å². The Kier molecular flexibility index (Phi) is 5.31. The van der Waals surface area contributed by atoms with E-state index < -0.39 is 12.0 Å². The normalized spacial score (nSPS) is 16.7. The van der Waals surface area contributed by atoms with E-state index in [4.69, 9.17) is 31.9 Å². The van der Waals surface area contributed by atoms with Gasteiger partial charge in [0.1, 0.15) is 6.04 Å². The van der Waals surface area contributed by atoms with E-state index in [1.54, 1.807) is 19.2 Å². The van der Waals surface area contributed by atoms with Crippen molar-refractivity contribution in [1.29, 1.82) is 0 Å². The first kappa shape index (κ1) is 15.9. The van der Waals surface area contributed by atoms with Crippen LogP contribution in [0.25, 0.3) is 0 Å². The van der Waals surface area contributed by atoms with Crippen LogP contribution in [0.1, 0.15) is 31.2 Å². The molecule has 21 heavy (non-hydrogen) atoms. The van der Waals surface area contributed by atoms with Crippen molar-refractivity contribution in [2.75, 3.05) is 7.11 Å². The van der Waals surface area contributed by atoms with Gasteiger partial charge in [-0.05, 0) is 37.8 Å². The van der Waals surface area contributed by atoms with Crippen LogP contribution in [-0.2, 0) is 11.2 Å². The fourth-order valence-corrected chi connectivity index (χ4v) is 2.77. The highest BCUT2D eigenvalue weighted by Crippen LogP contribution is 2.39. The number of carboxylic acids is 1. The lowest BCUT2D eigenvalue weighted by atomic mass is 10.0. The third-order valence-corrected chi connectivity index (χ3v) is 4.07. The van der Waals surface area contributed by atoms with Crippen molar-refractivity contribution in [2.24, 2.45) is 5.73 Å². The van der Waals surface area contributed by atoms with E-state index in [-0.39, 0.29) is 12.5 Å². The molecule has 0 radical (unpaired) electrons. The number of rotatable bonds is 6. The number of aliphatic carboxylic acids is 1. The van der Waals surface area contributed by atoms with E-state index in [1.165, 1.54) is 0 Å². The Morgan fingerprint density at radius 2 is 2.14 bits per heavy atom. The summed E-state index contributed by atoms with van der Waals surface area (Å²) in [4.78, 5) is 11.0. The Hall–Kier alpha value is -1.46. The molecule has 6 heteroatoms. The maximum Gasteiger partial charge on any atom is 0.320 e. The minimum absolute atomic E-state index is 0.105. The predicted molar refractivity (Wildman–Crippen MR) is 80.2 cm³/mol. The van der Waals surface area contributed by atoms with E-state index in [9.17, 15) is 4.79 Å². The number of ether oxygens (including phenoxy) is 2. The lowest BCUT2D eigenvalue weighted by Gasteiger charge is -2.21. The largest absolute Gasteiger partial charge is 0.493 e. The summed E-state index contributed by atoms with van der Waals surface area (Å²) >= 11 is 6.21. The van der Waals surface area contributed by atoms with Gasteiger partial charge in [0.25, 0.3) is 0 Å². The zero-order chi connectivity index (χ0) is 15.4. The minimum atomic E-state index is -1.07. The predicted octanol–water partition coefficient (Wildman–Crippen LogP) is 2.62. The van der Waals surface area contributed by atoms with Gasteiger partial charge in [0.15, 0.2) is 11.5 Å². The van der Waals surface area contributed by atoms with Gasteiger partial charge in [0.05, 0.1) is 13.2 Å². The smallest absolute Gasteiger partial charge is 0.320 e. The highest BCUT2D eigenvalue weighted by atomic mass is 35.5. The molecule has 1 aliphatic carbocycles. The van der Waals surface area contributed by atoms with E-state index in [1.807, 2.05) is 0 Å². The molecule has 0 aliphatic heterocycles. The summed E-state index contributed by atoms with van der Waals surface area (Å²) in [6.45, 7) is 0. The molecule has 0 amide bonds. The lowest BCUT2D eigenvalue weighted by Crippen LogP contribution is -2.32. The molecule has 1 unspecified atom stereocenters. The second-order valence-corrected chi connectivity index (χ2v) is 5.64. The number of methoxy groups -OCH3 is 1. The fourth-order valence-electron chi connectivity index (χ4n) is 2.54. The first-order chi connectivity index (χ1) is 10.0. The number of hydrogen-bond acceptors (Lipinski definition) is 4. The zero-order valence-electron chi connectivity index (χ0n) is 12.0. The number of carboxylic acid groups (broad SMARTS) is 1. The highest BCUT2D eigenvalue weighted by molar-refractivity contribution is 6.31. The maximum atomic E-state index is 11.0. The molecular formula is C15H20ClNO4. The van der Waals surface area contributed by atoms with Crippen LogP contribution in [0.2, 0.25) is 5.02 Å². The molecule has 0 spiro atoms. The van der Waals surface area contributed by atoms with Gasteiger partial charge in [0.2, 0.25) is 0 Å². The number of nitrogens with two attached hydrogens (primary N) is 1. The van der Waals surface area contributed by atoms with Crippen molar-refractivity contribution in [1.82, 2.24) is 0 Å². The summed E-state index contributed by atoms with van der Waals surface area (Å²) in [7, 11) is 1.55. The van der Waals surface area contributed by atoms with Crippen molar-refractivity contribution in [3.8, 4) is 11.5 Å². The minimum Gasteiger partial charge on any atom is -0.493 e. The number of carbonyl (C=O) groups is 1. The first-order valence-corrected chi connectivity index (χ1v) is 7.41. The summed E-state index contributed by atoms with van der Waals surface area (Å²) in [5.41, 5.74) is 6.23. The van der Waals surface area contributed by atoms with Crippen molar-refractivity contribution in [3.05, 3.63) is 22.7 Å². The van der Waals surface area contributed by atoms with Crippen LogP contribution in [0.5, 0.6) is 11.5 Å². The van der Waals surface area contributed by atoms with Crippen molar-refractivity contribution in [3.63, 3.8) is 0 Å². The molecule has 1 aliphatic rings. The average molecular weight is 314 g/mol. The molecule has 0 aromatic heterocycles. The zero-order valence-corrected chi connectivity index (χ0v) is 12.7. The second kappa shape index (κ2) is 7.00. The Bertz CT molecular complexity index is 515. The molecule has 0 heterocycles. The van der Waals surface area contributed by atoms with Crippen molar-refractivity contribution >= 4 is 17.6 Å². The first-order valence-electron chi connectivity index (χ1n) is 7.03. The number of hydrogen-bond donors (Lipinski definition) is 2. The molecule has 1 aromatic carbocycles. The van der Waals surface area contributed by atoms with E-state index in [2.05, 4.69) is 0 Å². The third kappa shape index (κ3) is 3.80. The molecule has 5 nitrogen and oxygen atoms in total. The summed E-state index contributed by atoms with van der Waals surface area (Å²) < 4.78 is 11.4. The van der Waals surface area contributed by atoms with E-state index >= 15 is 0 Å². The monoisotopic (exact) mass is 313 g/mol. The standard InChI is InChI=1S/C15H20ClNO4/c1-20-13-7-6-11(16)10(8-12(17)15(18)19)14(13)21-9-4-2-3-5-9/h6-7,9,12H,2-5,8,17H2,1H3,(H,18,19). The summed E-state index contributed by atoms with van der Waals surface area (Å²) in [6, 6.07) is 2.37. The van der Waals surface area contributed by atoms with E-state index in [0.717, 1.165) is 25.7 Å². The SMILES string of the molecule is COc1ccc(Cl)c(CC(N)C(=O)O)c1OC1CCCC1. The Balaban J connectivity index is 2.32. The summed E-state index contributed by atoms with van der Waals surface area (Å²) in [6.07, 6.45) is 4.47. The van der Waals surface area contributed by atoms with Crippen molar-refractivity contribution in [2.45, 2.75) is 44.2 Å². The topological polar surface area (TPSA) is 81.8 Å². The van der Waals surface area contributed by atoms with Crippen LogP contribution >= 0.6 is 11.6 Å². The van der Waals surface area contributed by atoms with Gasteiger partial charge < -0.3 is 20.3 Å². The van der Waals surface area contributed by atoms with Gasteiger partial charge in [-0.25, -0.2) is 0 Å². The van der Waals surface area contributed by atoms with Crippen LogP contribution in [0, 0.1) is 0 Å². The van der Waals surface area contributed by atoms with Gasteiger partial charge in [0, 0.05) is 17.0 Å². The van der Waals surface area contributed by atoms with E-state index in [0.29, 0.717) is 22.1 Å². The summed E-state index contributed by atoms with van der Waals surface area (Å²) in [5.74, 6) is 0.00758. The fraction of sp³-hybridized carbons (Fsp3) is 0.533. The van der Waals surface area contributed by atoms with Gasteiger partial charge in [-0.1, -0.05) is 11.6 Å². The van der Waals surface area contributed by atoms with Crippen LogP contribution in [0.4, 0.5) is 0 Å². The van der Waals surface area contributed by atoms with Crippen molar-refractivity contribution < 1.29 is 19.4 Å².